The molecule has 5 heteroatoms. The molecule has 1 saturated heterocycles. The Hall–Kier alpha value is -1.36. The molecule has 2 heterocycles. The minimum absolute atomic E-state index is 0.0761. The summed E-state index contributed by atoms with van der Waals surface area (Å²) in [4.78, 5) is 18.2. The molecule has 1 aromatic rings. The number of nitrogens with one attached hydrogen (secondary N) is 1. The maximum Gasteiger partial charge on any atom is 0.287 e. The summed E-state index contributed by atoms with van der Waals surface area (Å²) in [5.74, 6) is 0.404. The number of aromatic nitrogens is 2. The van der Waals surface area contributed by atoms with Crippen molar-refractivity contribution in [2.45, 2.75) is 18.9 Å². The SMILES string of the molecule is CN1CCC[C@@H](NC(=O)c2nccn2C)C1. The van der Waals surface area contributed by atoms with Gasteiger partial charge >= 0.3 is 0 Å². The largest absolute Gasteiger partial charge is 0.345 e. The minimum Gasteiger partial charge on any atom is -0.345 e. The Morgan fingerprint density at radius 2 is 2.38 bits per heavy atom. The molecule has 0 aliphatic carbocycles. The first-order chi connectivity index (χ1) is 7.66. The molecule has 0 saturated carbocycles. The van der Waals surface area contributed by atoms with E-state index in [1.807, 2.05) is 7.05 Å². The number of likely N-dealkylation sites (tertiary alicyclic amines) is 1. The van der Waals surface area contributed by atoms with Gasteiger partial charge in [0.05, 0.1) is 0 Å². The summed E-state index contributed by atoms with van der Waals surface area (Å²) in [6.07, 6.45) is 5.62. The Kier molecular flexibility index (Phi) is 3.24. The van der Waals surface area contributed by atoms with Crippen LogP contribution in [0.25, 0.3) is 0 Å². The molecule has 0 spiro atoms. The Morgan fingerprint density at radius 1 is 1.56 bits per heavy atom. The number of likely N-dealkylation sites (N-methyl/N-ethyl adjacent to an activating group) is 1. The molecule has 1 aliphatic heterocycles. The van der Waals surface area contributed by atoms with Crippen molar-refractivity contribution >= 4 is 5.91 Å². The number of imidazole rings is 1. The van der Waals surface area contributed by atoms with Crippen molar-refractivity contribution in [1.29, 1.82) is 0 Å². The first-order valence-electron chi connectivity index (χ1n) is 5.63. The smallest absolute Gasteiger partial charge is 0.287 e. The first kappa shape index (κ1) is 11.1. The van der Waals surface area contributed by atoms with Crippen LogP contribution in [0.2, 0.25) is 0 Å². The number of carbonyl (C=O) groups excluding carboxylic acids is 1. The van der Waals surface area contributed by atoms with Crippen LogP contribution in [0.15, 0.2) is 12.4 Å². The summed E-state index contributed by atoms with van der Waals surface area (Å²) < 4.78 is 1.74. The Balaban J connectivity index is 1.95. The van der Waals surface area contributed by atoms with E-state index in [1.54, 1.807) is 17.0 Å². The average molecular weight is 222 g/mol. The van der Waals surface area contributed by atoms with Crippen molar-refractivity contribution in [3.05, 3.63) is 18.2 Å². The quantitative estimate of drug-likeness (QED) is 0.780. The molecule has 1 aromatic heterocycles. The van der Waals surface area contributed by atoms with Crippen LogP contribution in [0.1, 0.15) is 23.5 Å². The molecular weight excluding hydrogens is 204 g/mol. The predicted octanol–water partition coefficient (Wildman–Crippen LogP) is 0.244. The van der Waals surface area contributed by atoms with Crippen LogP contribution in [0.5, 0.6) is 0 Å². The minimum atomic E-state index is -0.0761. The van der Waals surface area contributed by atoms with Crippen molar-refractivity contribution < 1.29 is 4.79 Å². The summed E-state index contributed by atoms with van der Waals surface area (Å²) in [5.41, 5.74) is 0. The Bertz CT molecular complexity index is 374. The molecule has 1 amide bonds. The molecule has 0 bridgehead atoms. The maximum absolute atomic E-state index is 11.9. The molecule has 1 N–H and O–H groups in total. The number of amides is 1. The Morgan fingerprint density at radius 3 is 3.00 bits per heavy atom. The molecule has 1 fully saturated rings. The molecule has 1 atom stereocenters. The van der Waals surface area contributed by atoms with Gasteiger partial charge in [0, 0.05) is 32.0 Å². The van der Waals surface area contributed by atoms with Crippen LogP contribution in [0.4, 0.5) is 0 Å². The average Bonchev–Trinajstić information content (AvgIpc) is 2.64. The fourth-order valence-electron chi connectivity index (χ4n) is 2.12. The van der Waals surface area contributed by atoms with Crippen LogP contribution >= 0.6 is 0 Å². The van der Waals surface area contributed by atoms with Gasteiger partial charge in [-0.2, -0.15) is 0 Å². The van der Waals surface area contributed by atoms with Crippen LogP contribution in [-0.4, -0.2) is 46.5 Å². The normalized spacial score (nSPS) is 22.0. The van der Waals surface area contributed by atoms with Crippen molar-refractivity contribution in [2.75, 3.05) is 20.1 Å². The fourth-order valence-corrected chi connectivity index (χ4v) is 2.12. The van der Waals surface area contributed by atoms with Crippen LogP contribution < -0.4 is 5.32 Å². The van der Waals surface area contributed by atoms with Crippen LogP contribution in [0, 0.1) is 0 Å². The van der Waals surface area contributed by atoms with Crippen molar-refractivity contribution in [1.82, 2.24) is 19.8 Å². The third-order valence-electron chi connectivity index (χ3n) is 2.98. The van der Waals surface area contributed by atoms with Gasteiger partial charge in [-0.25, -0.2) is 4.98 Å². The van der Waals surface area contributed by atoms with Gasteiger partial charge in [-0.1, -0.05) is 0 Å². The second-order valence-electron chi connectivity index (χ2n) is 4.44. The lowest BCUT2D eigenvalue weighted by Crippen LogP contribution is -2.46. The highest BCUT2D eigenvalue weighted by atomic mass is 16.2. The van der Waals surface area contributed by atoms with Crippen molar-refractivity contribution in [3.8, 4) is 0 Å². The third kappa shape index (κ3) is 2.41. The van der Waals surface area contributed by atoms with Gasteiger partial charge in [-0.3, -0.25) is 4.79 Å². The molecule has 2 rings (SSSR count). The van der Waals surface area contributed by atoms with E-state index >= 15 is 0 Å². The van der Waals surface area contributed by atoms with Crippen molar-refractivity contribution in [3.63, 3.8) is 0 Å². The highest BCUT2D eigenvalue weighted by molar-refractivity contribution is 5.90. The predicted molar refractivity (Wildman–Crippen MR) is 61.2 cm³/mol. The zero-order chi connectivity index (χ0) is 11.5. The Labute approximate surface area is 95.5 Å². The molecule has 0 radical (unpaired) electrons. The number of piperidine rings is 1. The van der Waals surface area contributed by atoms with E-state index in [1.165, 1.54) is 0 Å². The first-order valence-corrected chi connectivity index (χ1v) is 5.63. The van der Waals surface area contributed by atoms with E-state index in [4.69, 9.17) is 0 Å². The second-order valence-corrected chi connectivity index (χ2v) is 4.44. The summed E-state index contributed by atoms with van der Waals surface area (Å²) in [6.45, 7) is 2.05. The molecule has 16 heavy (non-hydrogen) atoms. The zero-order valence-electron chi connectivity index (χ0n) is 9.81. The van der Waals surface area contributed by atoms with E-state index < -0.39 is 0 Å². The highest BCUT2D eigenvalue weighted by Crippen LogP contribution is 2.08. The van der Waals surface area contributed by atoms with Crippen LogP contribution in [-0.2, 0) is 7.05 Å². The zero-order valence-corrected chi connectivity index (χ0v) is 9.81. The molecule has 88 valence electrons. The lowest BCUT2D eigenvalue weighted by atomic mass is 10.1. The molecule has 1 aliphatic rings. The third-order valence-corrected chi connectivity index (χ3v) is 2.98. The van der Waals surface area contributed by atoms with E-state index in [-0.39, 0.29) is 11.9 Å². The highest BCUT2D eigenvalue weighted by Gasteiger charge is 2.20. The van der Waals surface area contributed by atoms with E-state index in [9.17, 15) is 4.79 Å². The van der Waals surface area contributed by atoms with Gasteiger partial charge in [-0.15, -0.1) is 0 Å². The van der Waals surface area contributed by atoms with Gasteiger partial charge in [0.15, 0.2) is 5.82 Å². The summed E-state index contributed by atoms with van der Waals surface area (Å²) in [5, 5.41) is 3.03. The van der Waals surface area contributed by atoms with Gasteiger partial charge in [-0.05, 0) is 26.4 Å². The molecule has 0 unspecified atom stereocenters. The maximum atomic E-state index is 11.9. The van der Waals surface area contributed by atoms with E-state index in [0.717, 1.165) is 25.9 Å². The van der Waals surface area contributed by atoms with Gasteiger partial charge in [0.2, 0.25) is 0 Å². The molecular formula is C11H18N4O. The number of hydrogen-bond donors (Lipinski definition) is 1. The number of hydrogen-bond acceptors (Lipinski definition) is 3. The number of carbonyl (C=O) groups is 1. The van der Waals surface area contributed by atoms with E-state index in [0.29, 0.717) is 5.82 Å². The lowest BCUT2D eigenvalue weighted by molar-refractivity contribution is 0.0899. The van der Waals surface area contributed by atoms with E-state index in [2.05, 4.69) is 22.2 Å². The lowest BCUT2D eigenvalue weighted by Gasteiger charge is -2.30. The van der Waals surface area contributed by atoms with Crippen molar-refractivity contribution in [2.24, 2.45) is 7.05 Å². The monoisotopic (exact) mass is 222 g/mol. The second kappa shape index (κ2) is 4.65. The summed E-state index contributed by atoms with van der Waals surface area (Å²) in [7, 11) is 3.91. The molecule has 0 aromatic carbocycles. The molecule has 5 nitrogen and oxygen atoms in total. The topological polar surface area (TPSA) is 50.2 Å². The van der Waals surface area contributed by atoms with Gasteiger partial charge < -0.3 is 14.8 Å². The number of aryl methyl sites for hydroxylation is 1. The fraction of sp³-hybridized carbons (Fsp3) is 0.636. The number of nitrogens with zero attached hydrogens (tertiary/aromatic N) is 3. The number of rotatable bonds is 2. The van der Waals surface area contributed by atoms with Gasteiger partial charge in [0.1, 0.15) is 0 Å². The standard InChI is InChI=1S/C11H18N4O/c1-14-6-3-4-9(8-14)13-11(16)10-12-5-7-15(10)2/h5,7,9H,3-4,6,8H2,1-2H3,(H,13,16)/t9-/m1/s1. The van der Waals surface area contributed by atoms with Crippen LogP contribution in [0.3, 0.4) is 0 Å². The summed E-state index contributed by atoms with van der Waals surface area (Å²) >= 11 is 0. The summed E-state index contributed by atoms with van der Waals surface area (Å²) in [6, 6.07) is 0.253. The van der Waals surface area contributed by atoms with Gasteiger partial charge in [0.25, 0.3) is 5.91 Å².